The second-order valence-corrected chi connectivity index (χ2v) is 10.9. The third kappa shape index (κ3) is 4.23. The highest BCUT2D eigenvalue weighted by Crippen LogP contribution is 2.44. The number of likely N-dealkylation sites (tertiary alicyclic amines) is 1. The van der Waals surface area contributed by atoms with E-state index >= 15 is 0 Å². The summed E-state index contributed by atoms with van der Waals surface area (Å²) in [5.74, 6) is 0.501. The van der Waals surface area contributed by atoms with Crippen LogP contribution in [0.5, 0.6) is 0 Å². The van der Waals surface area contributed by atoms with Crippen LogP contribution in [0, 0.1) is 0 Å². The normalized spacial score (nSPS) is 27.0. The van der Waals surface area contributed by atoms with Crippen LogP contribution in [-0.2, 0) is 29.0 Å². The molecule has 3 unspecified atom stereocenters. The maximum atomic E-state index is 13.3. The number of H-pyrrole nitrogens is 2. The van der Waals surface area contributed by atoms with Gasteiger partial charge in [-0.25, -0.2) is 14.4 Å². The SMILES string of the molecule is O=C(Cc1nc2c(CF)cccc2[nH]1)NC1CN(C2CCOC2)C[C@@H]1SC1CCc2[nH]cnc21. The third-order valence-corrected chi connectivity index (χ3v) is 8.85. The molecule has 1 amide bonds. The molecule has 6 rings (SSSR count). The summed E-state index contributed by atoms with van der Waals surface area (Å²) >= 11 is 1.94. The Kier molecular flexibility index (Phi) is 6.04. The molecule has 2 aliphatic heterocycles. The molecule has 0 radical (unpaired) electrons. The second-order valence-electron chi connectivity index (χ2n) is 9.42. The highest BCUT2D eigenvalue weighted by atomic mass is 32.2. The van der Waals surface area contributed by atoms with Crippen molar-refractivity contribution in [2.45, 2.75) is 54.9 Å². The van der Waals surface area contributed by atoms with Crippen LogP contribution in [0.15, 0.2) is 24.5 Å². The van der Waals surface area contributed by atoms with E-state index in [0.717, 1.165) is 51.1 Å². The third-order valence-electron chi connectivity index (χ3n) is 7.23. The quantitative estimate of drug-likeness (QED) is 0.477. The van der Waals surface area contributed by atoms with Crippen molar-refractivity contribution in [3.8, 4) is 0 Å². The predicted molar refractivity (Wildman–Crippen MR) is 128 cm³/mol. The van der Waals surface area contributed by atoms with E-state index in [1.54, 1.807) is 18.5 Å². The number of hydrogen-bond acceptors (Lipinski definition) is 6. The van der Waals surface area contributed by atoms with E-state index in [4.69, 9.17) is 4.74 Å². The van der Waals surface area contributed by atoms with Gasteiger partial charge in [0.05, 0.1) is 42.1 Å². The number of fused-ring (bicyclic) bond motifs is 2. The van der Waals surface area contributed by atoms with Gasteiger partial charge < -0.3 is 20.0 Å². The molecule has 3 N–H and O–H groups in total. The van der Waals surface area contributed by atoms with Crippen LogP contribution in [0.3, 0.4) is 0 Å². The summed E-state index contributed by atoms with van der Waals surface area (Å²) in [4.78, 5) is 31.0. The molecular weight excluding hydrogens is 455 g/mol. The minimum atomic E-state index is -0.575. The molecule has 0 bridgehead atoms. The summed E-state index contributed by atoms with van der Waals surface area (Å²) in [6.45, 7) is 2.76. The number of para-hydroxylation sites is 1. The van der Waals surface area contributed by atoms with E-state index in [2.05, 4.69) is 30.2 Å². The van der Waals surface area contributed by atoms with Gasteiger partial charge >= 0.3 is 0 Å². The van der Waals surface area contributed by atoms with Crippen LogP contribution >= 0.6 is 11.8 Å². The maximum Gasteiger partial charge on any atom is 0.227 e. The molecule has 0 spiro atoms. The number of halogens is 1. The molecule has 3 aromatic rings. The Bertz CT molecular complexity index is 1180. The van der Waals surface area contributed by atoms with Crippen molar-refractivity contribution in [1.29, 1.82) is 0 Å². The molecule has 4 heterocycles. The number of carbonyl (C=O) groups excluding carboxylic acids is 1. The van der Waals surface area contributed by atoms with Crippen molar-refractivity contribution in [2.75, 3.05) is 26.3 Å². The van der Waals surface area contributed by atoms with Gasteiger partial charge in [-0.2, -0.15) is 0 Å². The first-order valence-corrected chi connectivity index (χ1v) is 12.9. The minimum Gasteiger partial charge on any atom is -0.380 e. The van der Waals surface area contributed by atoms with E-state index in [1.165, 1.54) is 11.4 Å². The Balaban J connectivity index is 1.15. The van der Waals surface area contributed by atoms with Gasteiger partial charge in [0.1, 0.15) is 12.5 Å². The lowest BCUT2D eigenvalue weighted by molar-refractivity contribution is -0.121. The largest absolute Gasteiger partial charge is 0.380 e. The van der Waals surface area contributed by atoms with Gasteiger partial charge in [-0.3, -0.25) is 9.69 Å². The smallest absolute Gasteiger partial charge is 0.227 e. The van der Waals surface area contributed by atoms with E-state index < -0.39 is 6.67 Å². The van der Waals surface area contributed by atoms with Crippen molar-refractivity contribution >= 4 is 28.7 Å². The zero-order valence-corrected chi connectivity index (χ0v) is 19.7. The maximum absolute atomic E-state index is 13.3. The van der Waals surface area contributed by atoms with E-state index in [0.29, 0.717) is 28.2 Å². The first-order chi connectivity index (χ1) is 16.7. The first kappa shape index (κ1) is 22.1. The van der Waals surface area contributed by atoms with Crippen molar-refractivity contribution < 1.29 is 13.9 Å². The fourth-order valence-corrected chi connectivity index (χ4v) is 7.13. The lowest BCUT2D eigenvalue weighted by atomic mass is 10.2. The summed E-state index contributed by atoms with van der Waals surface area (Å²) in [5, 5.41) is 3.94. The molecule has 180 valence electrons. The number of rotatable bonds is 7. The molecule has 4 atom stereocenters. The lowest BCUT2D eigenvalue weighted by Crippen LogP contribution is -2.43. The average molecular weight is 485 g/mol. The van der Waals surface area contributed by atoms with Gasteiger partial charge in [0, 0.05) is 47.5 Å². The average Bonchev–Trinajstić information content (AvgIpc) is 3.63. The van der Waals surface area contributed by atoms with E-state index in [1.807, 2.05) is 17.8 Å². The molecule has 3 aliphatic rings. The van der Waals surface area contributed by atoms with Gasteiger partial charge in [0.25, 0.3) is 0 Å². The molecule has 2 aromatic heterocycles. The van der Waals surface area contributed by atoms with Gasteiger partial charge in [0.15, 0.2) is 0 Å². The summed E-state index contributed by atoms with van der Waals surface area (Å²) in [6, 6.07) is 5.85. The molecule has 1 aromatic carbocycles. The van der Waals surface area contributed by atoms with Crippen molar-refractivity contribution in [3.05, 3.63) is 47.3 Å². The number of aromatic amines is 2. The number of carbonyl (C=O) groups is 1. The molecule has 2 saturated heterocycles. The molecule has 34 heavy (non-hydrogen) atoms. The van der Waals surface area contributed by atoms with Crippen LogP contribution in [0.2, 0.25) is 0 Å². The van der Waals surface area contributed by atoms with Gasteiger partial charge in [-0.15, -0.1) is 11.8 Å². The Morgan fingerprint density at radius 2 is 2.26 bits per heavy atom. The monoisotopic (exact) mass is 484 g/mol. The lowest BCUT2D eigenvalue weighted by Gasteiger charge is -2.22. The summed E-state index contributed by atoms with van der Waals surface area (Å²) in [6.07, 6.45) is 5.09. The Hall–Kier alpha value is -2.43. The topological polar surface area (TPSA) is 98.9 Å². The van der Waals surface area contributed by atoms with Crippen LogP contribution in [0.1, 0.15) is 40.9 Å². The van der Waals surface area contributed by atoms with Crippen LogP contribution in [-0.4, -0.2) is 74.4 Å². The second kappa shape index (κ2) is 9.31. The van der Waals surface area contributed by atoms with Crippen LogP contribution in [0.25, 0.3) is 11.0 Å². The molecular formula is C24H29FN6O2S. The van der Waals surface area contributed by atoms with Crippen molar-refractivity contribution in [2.24, 2.45) is 0 Å². The minimum absolute atomic E-state index is 0.0480. The number of aromatic nitrogens is 4. The Morgan fingerprint density at radius 1 is 1.32 bits per heavy atom. The summed E-state index contributed by atoms with van der Waals surface area (Å²) < 4.78 is 18.9. The number of amides is 1. The van der Waals surface area contributed by atoms with Crippen molar-refractivity contribution in [3.63, 3.8) is 0 Å². The zero-order valence-electron chi connectivity index (χ0n) is 18.9. The molecule has 0 saturated carbocycles. The number of nitrogens with zero attached hydrogens (tertiary/aromatic N) is 3. The molecule has 10 heteroatoms. The van der Waals surface area contributed by atoms with Crippen LogP contribution < -0.4 is 5.32 Å². The zero-order chi connectivity index (χ0) is 23.1. The van der Waals surface area contributed by atoms with E-state index in [-0.39, 0.29) is 23.6 Å². The summed E-state index contributed by atoms with van der Waals surface area (Å²) in [7, 11) is 0. The Morgan fingerprint density at radius 3 is 3.12 bits per heavy atom. The number of ether oxygens (including phenoxy) is 1. The van der Waals surface area contributed by atoms with Gasteiger partial charge in [0.2, 0.25) is 5.91 Å². The number of nitrogens with one attached hydrogen (secondary N) is 3. The Labute approximate surface area is 201 Å². The van der Waals surface area contributed by atoms with Crippen LogP contribution in [0.4, 0.5) is 4.39 Å². The number of benzene rings is 1. The summed E-state index contributed by atoms with van der Waals surface area (Å²) in [5.41, 5.74) is 4.32. The standard InChI is InChI=1S/C24H29FN6O2S/c25-9-14-2-1-3-17-23(14)30-21(28-17)8-22(32)29-18-10-31(15-6-7-33-12-15)11-20(18)34-19-5-4-16-24(19)27-13-26-16/h1-3,13,15,18-20H,4-12H2,(H,26,27)(H,28,30)(H,29,32)/t15?,18?,19?,20-/m0/s1. The number of hydrogen-bond donors (Lipinski definition) is 3. The van der Waals surface area contributed by atoms with Gasteiger partial charge in [-0.1, -0.05) is 12.1 Å². The fraction of sp³-hybridized carbons (Fsp3) is 0.542. The number of alkyl halides is 1. The predicted octanol–water partition coefficient (Wildman–Crippen LogP) is 2.68. The molecule has 2 fully saturated rings. The molecule has 8 nitrogen and oxygen atoms in total. The first-order valence-electron chi connectivity index (χ1n) is 12.0. The van der Waals surface area contributed by atoms with E-state index in [9.17, 15) is 9.18 Å². The number of aryl methyl sites for hydroxylation is 1. The van der Waals surface area contributed by atoms with Crippen molar-refractivity contribution in [1.82, 2.24) is 30.2 Å². The highest BCUT2D eigenvalue weighted by molar-refractivity contribution is 8.00. The fourth-order valence-electron chi connectivity index (χ4n) is 5.50. The molecule has 1 aliphatic carbocycles. The highest BCUT2D eigenvalue weighted by Gasteiger charge is 2.41. The number of thioether (sulfide) groups is 1. The van der Waals surface area contributed by atoms with Gasteiger partial charge in [-0.05, 0) is 25.3 Å². The number of imidazole rings is 2.